The van der Waals surface area contributed by atoms with Crippen molar-refractivity contribution in [2.75, 3.05) is 18.8 Å². The van der Waals surface area contributed by atoms with Gasteiger partial charge in [-0.3, -0.25) is 4.90 Å². The second-order valence-electron chi connectivity index (χ2n) is 6.11. The van der Waals surface area contributed by atoms with Gasteiger partial charge in [0.15, 0.2) is 0 Å². The quantitative estimate of drug-likeness (QED) is 0.844. The molecular weight excluding hydrogens is 234 g/mol. The van der Waals surface area contributed by atoms with E-state index in [0.717, 1.165) is 44.6 Å². The van der Waals surface area contributed by atoms with Gasteiger partial charge in [0.1, 0.15) is 0 Å². The molecule has 0 atom stereocenters. The fourth-order valence-electron chi connectivity index (χ4n) is 2.65. The van der Waals surface area contributed by atoms with E-state index < -0.39 is 0 Å². The average molecular weight is 257 g/mol. The van der Waals surface area contributed by atoms with Gasteiger partial charge in [-0.05, 0) is 56.8 Å². The van der Waals surface area contributed by atoms with E-state index in [1.165, 1.54) is 11.1 Å². The van der Waals surface area contributed by atoms with Crippen LogP contribution in [0.5, 0.6) is 0 Å². The van der Waals surface area contributed by atoms with Crippen molar-refractivity contribution in [3.8, 4) is 6.07 Å². The fraction of sp³-hybridized carbons (Fsp3) is 0.562. The number of hydrogen-bond acceptors (Lipinski definition) is 3. The molecule has 1 heterocycles. The minimum absolute atomic E-state index is 0.202. The molecule has 0 aliphatic carbocycles. The van der Waals surface area contributed by atoms with Gasteiger partial charge in [-0.1, -0.05) is 12.1 Å². The number of hydrogen-bond donors (Lipinski definition) is 1. The highest BCUT2D eigenvalue weighted by atomic mass is 15.1. The van der Waals surface area contributed by atoms with Crippen molar-refractivity contribution in [1.29, 1.82) is 5.26 Å². The Morgan fingerprint density at radius 2 is 2.21 bits per heavy atom. The molecule has 3 nitrogen and oxygen atoms in total. The van der Waals surface area contributed by atoms with Crippen LogP contribution in [0.2, 0.25) is 0 Å². The number of nitrogen functional groups attached to an aromatic ring is 1. The molecule has 0 amide bonds. The Hall–Kier alpha value is -1.53. The van der Waals surface area contributed by atoms with E-state index in [2.05, 4.69) is 17.0 Å². The Kier molecular flexibility index (Phi) is 4.11. The van der Waals surface area contributed by atoms with Crippen LogP contribution in [0.4, 0.5) is 5.69 Å². The highest BCUT2D eigenvalue weighted by Gasteiger charge is 2.20. The molecule has 0 aromatic heterocycles. The molecule has 1 aliphatic rings. The minimum Gasteiger partial charge on any atom is -0.398 e. The molecule has 1 aliphatic heterocycles. The second-order valence-corrected chi connectivity index (χ2v) is 6.11. The molecule has 1 aromatic rings. The van der Waals surface area contributed by atoms with Crippen molar-refractivity contribution < 1.29 is 0 Å². The highest BCUT2D eigenvalue weighted by molar-refractivity contribution is 5.51. The number of nitrogens with zero attached hydrogens (tertiary/aromatic N) is 2. The van der Waals surface area contributed by atoms with Crippen LogP contribution in [0.25, 0.3) is 0 Å². The molecule has 0 unspecified atom stereocenters. The molecule has 1 aromatic carbocycles. The molecule has 2 N–H and O–H groups in total. The summed E-state index contributed by atoms with van der Waals surface area (Å²) in [7, 11) is 0. The molecule has 0 saturated heterocycles. The van der Waals surface area contributed by atoms with Gasteiger partial charge < -0.3 is 5.73 Å². The van der Waals surface area contributed by atoms with Crippen molar-refractivity contribution in [2.45, 2.75) is 39.7 Å². The van der Waals surface area contributed by atoms with Gasteiger partial charge in [0.2, 0.25) is 0 Å². The predicted octanol–water partition coefficient (Wildman–Crippen LogP) is 2.96. The number of fused-ring (bicyclic) bond motifs is 1. The molecule has 0 fully saturated rings. The third-order valence-corrected chi connectivity index (χ3v) is 3.97. The summed E-state index contributed by atoms with van der Waals surface area (Å²) in [5, 5.41) is 9.02. The third kappa shape index (κ3) is 3.48. The average Bonchev–Trinajstić information content (AvgIpc) is 2.39. The second kappa shape index (κ2) is 5.63. The molecule has 2 rings (SSSR count). The summed E-state index contributed by atoms with van der Waals surface area (Å²) in [6, 6.07) is 8.58. The lowest BCUT2D eigenvalue weighted by atomic mass is 9.89. The summed E-state index contributed by atoms with van der Waals surface area (Å²) in [5.41, 5.74) is 9.46. The van der Waals surface area contributed by atoms with Gasteiger partial charge in [-0.15, -0.1) is 0 Å². The first kappa shape index (κ1) is 13.9. The van der Waals surface area contributed by atoms with E-state index in [1.54, 1.807) is 0 Å². The number of benzene rings is 1. The van der Waals surface area contributed by atoms with E-state index in [9.17, 15) is 0 Å². The van der Waals surface area contributed by atoms with E-state index >= 15 is 0 Å². The van der Waals surface area contributed by atoms with Crippen molar-refractivity contribution in [3.05, 3.63) is 29.3 Å². The first-order valence-electron chi connectivity index (χ1n) is 7.02. The fourth-order valence-corrected chi connectivity index (χ4v) is 2.65. The van der Waals surface area contributed by atoms with Gasteiger partial charge in [0.05, 0.1) is 11.5 Å². The van der Waals surface area contributed by atoms with Crippen molar-refractivity contribution in [3.63, 3.8) is 0 Å². The predicted molar refractivity (Wildman–Crippen MR) is 78.5 cm³/mol. The number of nitriles is 1. The lowest BCUT2D eigenvalue weighted by Gasteiger charge is -2.30. The maximum absolute atomic E-state index is 9.02. The zero-order valence-corrected chi connectivity index (χ0v) is 11.9. The normalized spacial score (nSPS) is 15.8. The lowest BCUT2D eigenvalue weighted by molar-refractivity contribution is 0.239. The van der Waals surface area contributed by atoms with Crippen molar-refractivity contribution >= 4 is 5.69 Å². The molecule has 0 radical (unpaired) electrons. The Balaban J connectivity index is 1.89. The van der Waals surface area contributed by atoms with Crippen LogP contribution in [-0.4, -0.2) is 18.0 Å². The summed E-state index contributed by atoms with van der Waals surface area (Å²) in [4.78, 5) is 2.45. The number of anilines is 1. The van der Waals surface area contributed by atoms with Crippen LogP contribution in [0, 0.1) is 16.7 Å². The minimum atomic E-state index is -0.202. The summed E-state index contributed by atoms with van der Waals surface area (Å²) < 4.78 is 0. The summed E-state index contributed by atoms with van der Waals surface area (Å²) in [6.45, 7) is 7.13. The number of rotatable bonds is 4. The van der Waals surface area contributed by atoms with Crippen LogP contribution in [-0.2, 0) is 13.0 Å². The largest absolute Gasteiger partial charge is 0.398 e. The van der Waals surface area contributed by atoms with Gasteiger partial charge in [0.25, 0.3) is 0 Å². The van der Waals surface area contributed by atoms with Gasteiger partial charge in [-0.2, -0.15) is 5.26 Å². The zero-order valence-electron chi connectivity index (χ0n) is 11.9. The standard InChI is InChI=1S/C16H23N3/c1-16(2,12-17)8-4-9-19-10-7-13-5-3-6-15(18)14(13)11-19/h3,5-6H,4,7-11,18H2,1-2H3. The molecule has 102 valence electrons. The zero-order chi connectivity index (χ0) is 13.9. The highest BCUT2D eigenvalue weighted by Crippen LogP contribution is 2.25. The number of nitrogens with two attached hydrogens (primary N) is 1. The molecule has 3 heteroatoms. The summed E-state index contributed by atoms with van der Waals surface area (Å²) in [6.07, 6.45) is 3.11. The topological polar surface area (TPSA) is 53.0 Å². The lowest BCUT2D eigenvalue weighted by Crippen LogP contribution is -2.32. The maximum Gasteiger partial charge on any atom is 0.0683 e. The first-order valence-corrected chi connectivity index (χ1v) is 7.02. The Morgan fingerprint density at radius 3 is 2.95 bits per heavy atom. The summed E-state index contributed by atoms with van der Waals surface area (Å²) in [5.74, 6) is 0. The third-order valence-electron chi connectivity index (χ3n) is 3.97. The van der Waals surface area contributed by atoms with E-state index in [4.69, 9.17) is 11.0 Å². The Morgan fingerprint density at radius 1 is 1.42 bits per heavy atom. The SMILES string of the molecule is CC(C)(C#N)CCCN1CCc2cccc(N)c2C1. The van der Waals surface area contributed by atoms with Gasteiger partial charge in [-0.25, -0.2) is 0 Å². The van der Waals surface area contributed by atoms with Crippen LogP contribution in [0.3, 0.4) is 0 Å². The van der Waals surface area contributed by atoms with E-state index in [1.807, 2.05) is 26.0 Å². The van der Waals surface area contributed by atoms with Crippen molar-refractivity contribution in [1.82, 2.24) is 4.90 Å². The molecule has 0 bridgehead atoms. The Bertz CT molecular complexity index is 485. The van der Waals surface area contributed by atoms with Gasteiger partial charge in [0, 0.05) is 18.8 Å². The van der Waals surface area contributed by atoms with Crippen LogP contribution in [0.15, 0.2) is 18.2 Å². The van der Waals surface area contributed by atoms with Gasteiger partial charge >= 0.3 is 0 Å². The monoisotopic (exact) mass is 257 g/mol. The maximum atomic E-state index is 9.02. The summed E-state index contributed by atoms with van der Waals surface area (Å²) >= 11 is 0. The van der Waals surface area contributed by atoms with Crippen LogP contribution < -0.4 is 5.73 Å². The van der Waals surface area contributed by atoms with Crippen LogP contribution in [0.1, 0.15) is 37.8 Å². The molecule has 0 spiro atoms. The molecule has 0 saturated carbocycles. The van der Waals surface area contributed by atoms with E-state index in [-0.39, 0.29) is 5.41 Å². The smallest absolute Gasteiger partial charge is 0.0683 e. The van der Waals surface area contributed by atoms with E-state index in [0.29, 0.717) is 0 Å². The first-order chi connectivity index (χ1) is 9.02. The molecule has 19 heavy (non-hydrogen) atoms. The molecular formula is C16H23N3. The van der Waals surface area contributed by atoms with Crippen LogP contribution >= 0.6 is 0 Å². The van der Waals surface area contributed by atoms with Crippen molar-refractivity contribution in [2.24, 2.45) is 5.41 Å². The Labute approximate surface area is 116 Å².